The summed E-state index contributed by atoms with van der Waals surface area (Å²) in [5, 5.41) is 16.8. The lowest BCUT2D eigenvalue weighted by molar-refractivity contribution is 0.232. The van der Waals surface area contributed by atoms with Gasteiger partial charge in [0.1, 0.15) is 0 Å². The van der Waals surface area contributed by atoms with E-state index >= 15 is 0 Å². The second-order valence-electron chi connectivity index (χ2n) is 4.59. The Kier molecular flexibility index (Phi) is 12.8. The Balaban J connectivity index is 3.18. The Labute approximate surface area is 120 Å². The third-order valence-corrected chi connectivity index (χ3v) is 2.86. The number of hydrogen-bond acceptors (Lipinski definition) is 4. The van der Waals surface area contributed by atoms with Gasteiger partial charge in [0, 0.05) is 13.1 Å². The Morgan fingerprint density at radius 2 is 0.950 bits per heavy atom. The summed E-state index contributed by atoms with van der Waals surface area (Å²) in [5.74, 6) is 0.148. The van der Waals surface area contributed by atoms with E-state index in [4.69, 9.17) is 21.9 Å². The maximum Gasteiger partial charge on any atom is 0.212 e. The van der Waals surface area contributed by atoms with Gasteiger partial charge in [0.15, 0.2) is 0 Å². The van der Waals surface area contributed by atoms with Crippen molar-refractivity contribution in [3.63, 3.8) is 0 Å². The summed E-state index contributed by atoms with van der Waals surface area (Å²) in [6.07, 6.45) is 9.08. The van der Waals surface area contributed by atoms with Crippen LogP contribution in [0.2, 0.25) is 0 Å². The fourth-order valence-corrected chi connectivity index (χ4v) is 1.75. The predicted octanol–water partition coefficient (Wildman–Crippen LogP) is 0.694. The predicted molar refractivity (Wildman–Crippen MR) is 79.8 cm³/mol. The van der Waals surface area contributed by atoms with Gasteiger partial charge in [0.25, 0.3) is 0 Å². The van der Waals surface area contributed by atoms with E-state index in [9.17, 15) is 0 Å². The number of nitrogens with two attached hydrogens (primary N) is 2. The zero-order valence-electron chi connectivity index (χ0n) is 12.0. The third kappa shape index (κ3) is 12.9. The fraction of sp³-hybridized carbons (Fsp3) is 0.833. The molecule has 0 aromatic carbocycles. The Morgan fingerprint density at radius 1 is 0.650 bits per heavy atom. The van der Waals surface area contributed by atoms with Crippen LogP contribution in [0.3, 0.4) is 0 Å². The molecule has 0 aliphatic rings. The van der Waals surface area contributed by atoms with Crippen LogP contribution in [0.5, 0.6) is 0 Å². The third-order valence-electron chi connectivity index (χ3n) is 2.86. The number of hydroxylamine groups is 2. The van der Waals surface area contributed by atoms with Gasteiger partial charge in [0.05, 0.1) is 0 Å². The average molecular weight is 288 g/mol. The summed E-state index contributed by atoms with van der Waals surface area (Å²) in [6.45, 7) is 1.30. The molecule has 20 heavy (non-hydrogen) atoms. The van der Waals surface area contributed by atoms with Gasteiger partial charge in [-0.3, -0.25) is 20.4 Å². The largest absolute Gasteiger partial charge is 0.368 e. The van der Waals surface area contributed by atoms with Crippen LogP contribution in [0.1, 0.15) is 51.4 Å². The summed E-state index contributed by atoms with van der Waals surface area (Å²) in [4.78, 5) is 7.84. The summed E-state index contributed by atoms with van der Waals surface area (Å²) < 4.78 is 0. The molecule has 0 unspecified atom stereocenters. The average Bonchev–Trinajstić information content (AvgIpc) is 2.47. The second-order valence-corrected chi connectivity index (χ2v) is 4.59. The zero-order chi connectivity index (χ0) is 15.1. The van der Waals surface area contributed by atoms with Crippen LogP contribution in [-0.4, -0.2) is 35.4 Å². The standard InChI is InChI=1S/C12H28N6O2/c13-11(17-19)15-9-7-5-3-1-2-4-6-8-10-16-12(14)18-20/h19-20H,1-10H2,(H3,13,15,17)(H3,14,16,18). The minimum absolute atomic E-state index is 0.0738. The van der Waals surface area contributed by atoms with Gasteiger partial charge >= 0.3 is 0 Å². The monoisotopic (exact) mass is 288 g/mol. The molecule has 0 aliphatic carbocycles. The molecule has 0 atom stereocenters. The summed E-state index contributed by atoms with van der Waals surface area (Å²) in [7, 11) is 0. The van der Waals surface area contributed by atoms with Gasteiger partial charge in [-0.15, -0.1) is 0 Å². The molecule has 0 bridgehead atoms. The first-order chi connectivity index (χ1) is 9.70. The first-order valence-corrected chi connectivity index (χ1v) is 7.10. The fourth-order valence-electron chi connectivity index (χ4n) is 1.75. The normalized spacial score (nSPS) is 12.5. The number of rotatable bonds is 11. The highest BCUT2D eigenvalue weighted by Gasteiger charge is 1.93. The molecule has 118 valence electrons. The highest BCUT2D eigenvalue weighted by atomic mass is 16.5. The van der Waals surface area contributed by atoms with Gasteiger partial charge < -0.3 is 11.5 Å². The van der Waals surface area contributed by atoms with Crippen LogP contribution in [0, 0.1) is 0 Å². The molecule has 0 fully saturated rings. The van der Waals surface area contributed by atoms with Crippen LogP contribution in [0.25, 0.3) is 0 Å². The van der Waals surface area contributed by atoms with Crippen molar-refractivity contribution in [1.29, 1.82) is 0 Å². The number of nitrogens with zero attached hydrogens (tertiary/aromatic N) is 2. The molecule has 0 aromatic rings. The van der Waals surface area contributed by atoms with E-state index in [0.29, 0.717) is 13.1 Å². The van der Waals surface area contributed by atoms with E-state index in [-0.39, 0.29) is 11.9 Å². The van der Waals surface area contributed by atoms with Crippen molar-refractivity contribution >= 4 is 11.9 Å². The van der Waals surface area contributed by atoms with Crippen molar-refractivity contribution in [1.82, 2.24) is 11.0 Å². The van der Waals surface area contributed by atoms with Crippen molar-refractivity contribution in [2.75, 3.05) is 13.1 Å². The van der Waals surface area contributed by atoms with E-state index in [0.717, 1.165) is 25.7 Å². The SMILES string of the molecule is NC(=NCCCCCCCCCCN=C(N)NO)NO. The zero-order valence-corrected chi connectivity index (χ0v) is 12.0. The van der Waals surface area contributed by atoms with Crippen molar-refractivity contribution in [2.24, 2.45) is 21.5 Å². The van der Waals surface area contributed by atoms with Gasteiger partial charge in [-0.25, -0.2) is 11.0 Å². The summed E-state index contributed by atoms with van der Waals surface area (Å²) in [6, 6.07) is 0. The lowest BCUT2D eigenvalue weighted by Crippen LogP contribution is -2.28. The van der Waals surface area contributed by atoms with Crippen molar-refractivity contribution in [3.8, 4) is 0 Å². The van der Waals surface area contributed by atoms with Gasteiger partial charge in [-0.2, -0.15) is 0 Å². The molecule has 0 saturated carbocycles. The smallest absolute Gasteiger partial charge is 0.212 e. The van der Waals surface area contributed by atoms with Crippen LogP contribution in [0.4, 0.5) is 0 Å². The van der Waals surface area contributed by atoms with Crippen LogP contribution in [0.15, 0.2) is 9.98 Å². The van der Waals surface area contributed by atoms with Crippen molar-refractivity contribution in [2.45, 2.75) is 51.4 Å². The first kappa shape index (κ1) is 18.5. The Morgan fingerprint density at radius 3 is 1.25 bits per heavy atom. The summed E-state index contributed by atoms with van der Waals surface area (Å²) in [5.41, 5.74) is 14.2. The number of aliphatic imine (C=N–C) groups is 2. The summed E-state index contributed by atoms with van der Waals surface area (Å²) >= 11 is 0. The van der Waals surface area contributed by atoms with Crippen molar-refractivity contribution < 1.29 is 10.4 Å². The maximum absolute atomic E-state index is 8.40. The molecule has 0 aliphatic heterocycles. The van der Waals surface area contributed by atoms with E-state index in [2.05, 4.69) is 9.98 Å². The van der Waals surface area contributed by atoms with Gasteiger partial charge in [-0.1, -0.05) is 38.5 Å². The van der Waals surface area contributed by atoms with E-state index in [1.807, 2.05) is 0 Å². The van der Waals surface area contributed by atoms with Crippen LogP contribution in [-0.2, 0) is 0 Å². The Bertz CT molecular complexity index is 255. The second kappa shape index (κ2) is 13.9. The van der Waals surface area contributed by atoms with Gasteiger partial charge in [-0.05, 0) is 12.8 Å². The number of guanidine groups is 2. The van der Waals surface area contributed by atoms with E-state index < -0.39 is 0 Å². The minimum Gasteiger partial charge on any atom is -0.368 e. The molecule has 8 heteroatoms. The number of unbranched alkanes of at least 4 members (excludes halogenated alkanes) is 7. The highest BCUT2D eigenvalue weighted by molar-refractivity contribution is 5.76. The number of nitrogens with one attached hydrogen (secondary N) is 2. The molecule has 0 heterocycles. The highest BCUT2D eigenvalue weighted by Crippen LogP contribution is 2.08. The first-order valence-electron chi connectivity index (χ1n) is 7.10. The van der Waals surface area contributed by atoms with E-state index in [1.54, 1.807) is 11.0 Å². The number of hydrogen-bond donors (Lipinski definition) is 6. The molecular weight excluding hydrogens is 260 g/mol. The quantitative estimate of drug-likeness (QED) is 0.143. The van der Waals surface area contributed by atoms with Crippen LogP contribution < -0.4 is 22.4 Å². The minimum atomic E-state index is 0.0738. The Hall–Kier alpha value is -1.54. The molecule has 8 N–H and O–H groups in total. The molecule has 8 nitrogen and oxygen atoms in total. The molecule has 0 aromatic heterocycles. The van der Waals surface area contributed by atoms with E-state index in [1.165, 1.54) is 25.7 Å². The maximum atomic E-state index is 8.40. The lowest BCUT2D eigenvalue weighted by Gasteiger charge is -2.02. The molecular formula is C12H28N6O2. The topological polar surface area (TPSA) is 141 Å². The molecule has 0 amide bonds. The molecule has 0 radical (unpaired) electrons. The lowest BCUT2D eigenvalue weighted by atomic mass is 10.1. The van der Waals surface area contributed by atoms with Crippen molar-refractivity contribution in [3.05, 3.63) is 0 Å². The van der Waals surface area contributed by atoms with Gasteiger partial charge in [0.2, 0.25) is 11.9 Å². The van der Waals surface area contributed by atoms with Crippen LogP contribution >= 0.6 is 0 Å². The molecule has 0 spiro atoms. The molecule has 0 saturated heterocycles. The molecule has 0 rings (SSSR count).